The predicted molar refractivity (Wildman–Crippen MR) is 70.4 cm³/mol. The van der Waals surface area contributed by atoms with Gasteiger partial charge in [0.15, 0.2) is 0 Å². The molecule has 0 radical (unpaired) electrons. The van der Waals surface area contributed by atoms with Crippen LogP contribution in [0.15, 0.2) is 10.5 Å². The van der Waals surface area contributed by atoms with Crippen molar-refractivity contribution in [2.75, 3.05) is 6.54 Å². The van der Waals surface area contributed by atoms with Crippen molar-refractivity contribution >= 4 is 27.3 Å². The van der Waals surface area contributed by atoms with Gasteiger partial charge in [0.05, 0.1) is 0 Å². The van der Waals surface area contributed by atoms with E-state index in [1.54, 1.807) is 0 Å². The first-order valence-electron chi connectivity index (χ1n) is 5.71. The molecule has 0 bridgehead atoms. The Balaban J connectivity index is 1.60. The smallest absolute Gasteiger partial charge is 0.0314 e. The molecule has 1 fully saturated rings. The molecule has 0 saturated heterocycles. The Morgan fingerprint density at radius 1 is 1.53 bits per heavy atom. The third kappa shape index (κ3) is 3.89. The summed E-state index contributed by atoms with van der Waals surface area (Å²) in [7, 11) is 0. The van der Waals surface area contributed by atoms with Gasteiger partial charge in [-0.25, -0.2) is 0 Å². The molecule has 0 spiro atoms. The molecule has 1 aromatic rings. The van der Waals surface area contributed by atoms with Gasteiger partial charge >= 0.3 is 0 Å². The molecule has 84 valence electrons. The van der Waals surface area contributed by atoms with Crippen molar-refractivity contribution in [3.05, 3.63) is 20.3 Å². The molecule has 0 atom stereocenters. The fourth-order valence-corrected chi connectivity index (χ4v) is 3.31. The van der Waals surface area contributed by atoms with Gasteiger partial charge in [-0.3, -0.25) is 0 Å². The van der Waals surface area contributed by atoms with Gasteiger partial charge in [-0.15, -0.1) is 11.3 Å². The summed E-state index contributed by atoms with van der Waals surface area (Å²) in [6, 6.07) is 2.23. The van der Waals surface area contributed by atoms with Crippen molar-refractivity contribution in [1.82, 2.24) is 5.32 Å². The number of halogens is 1. The van der Waals surface area contributed by atoms with Crippen LogP contribution in [-0.2, 0) is 6.54 Å². The van der Waals surface area contributed by atoms with Crippen LogP contribution >= 0.6 is 27.3 Å². The molecule has 1 aliphatic carbocycles. The van der Waals surface area contributed by atoms with Crippen molar-refractivity contribution in [3.63, 3.8) is 0 Å². The van der Waals surface area contributed by atoms with Gasteiger partial charge in [-0.2, -0.15) is 0 Å². The first-order chi connectivity index (χ1) is 7.25. The average Bonchev–Trinajstić information content (AvgIpc) is 2.95. The molecule has 1 nitrogen and oxygen atoms in total. The average molecular weight is 288 g/mol. The van der Waals surface area contributed by atoms with Crippen LogP contribution in [0.2, 0.25) is 0 Å². The molecule has 1 saturated carbocycles. The van der Waals surface area contributed by atoms with Gasteiger partial charge in [0.25, 0.3) is 0 Å². The fourth-order valence-electron chi connectivity index (χ4n) is 1.74. The Kier molecular flexibility index (Phi) is 4.23. The Morgan fingerprint density at radius 3 is 2.93 bits per heavy atom. The number of aryl methyl sites for hydroxylation is 1. The van der Waals surface area contributed by atoms with Crippen LogP contribution in [0.1, 0.15) is 35.4 Å². The van der Waals surface area contributed by atoms with E-state index in [1.165, 1.54) is 46.5 Å². The van der Waals surface area contributed by atoms with Crippen molar-refractivity contribution in [3.8, 4) is 0 Å². The number of thiophene rings is 1. The molecule has 15 heavy (non-hydrogen) atoms. The van der Waals surface area contributed by atoms with Gasteiger partial charge in [-0.05, 0) is 54.2 Å². The summed E-state index contributed by atoms with van der Waals surface area (Å²) in [6.07, 6.45) is 5.74. The second-order valence-corrected chi connectivity index (χ2v) is 6.57. The summed E-state index contributed by atoms with van der Waals surface area (Å²) in [5.74, 6) is 1.07. The van der Waals surface area contributed by atoms with Crippen LogP contribution in [0.3, 0.4) is 0 Å². The highest BCUT2D eigenvalue weighted by atomic mass is 79.9. The molecule has 1 aromatic heterocycles. The van der Waals surface area contributed by atoms with Crippen LogP contribution in [-0.4, -0.2) is 6.54 Å². The topological polar surface area (TPSA) is 12.0 Å². The Bertz CT molecular complexity index is 298. The lowest BCUT2D eigenvalue weighted by atomic mass is 10.2. The third-order valence-electron chi connectivity index (χ3n) is 2.87. The van der Waals surface area contributed by atoms with E-state index in [9.17, 15) is 0 Å². The minimum atomic E-state index is 1.03. The zero-order valence-corrected chi connectivity index (χ0v) is 11.6. The van der Waals surface area contributed by atoms with Gasteiger partial charge in [0, 0.05) is 20.8 Å². The quantitative estimate of drug-likeness (QED) is 0.777. The van der Waals surface area contributed by atoms with E-state index in [2.05, 4.69) is 34.2 Å². The van der Waals surface area contributed by atoms with Gasteiger partial charge in [0.2, 0.25) is 0 Å². The minimum Gasteiger partial charge on any atom is -0.312 e. The second-order valence-electron chi connectivity index (χ2n) is 4.38. The molecule has 2 rings (SSSR count). The molecule has 0 aliphatic heterocycles. The Morgan fingerprint density at radius 2 is 2.33 bits per heavy atom. The summed E-state index contributed by atoms with van der Waals surface area (Å²) < 4.78 is 1.25. The fraction of sp³-hybridized carbons (Fsp3) is 0.667. The van der Waals surface area contributed by atoms with Crippen molar-refractivity contribution in [1.29, 1.82) is 0 Å². The van der Waals surface area contributed by atoms with Crippen LogP contribution in [0.4, 0.5) is 0 Å². The van der Waals surface area contributed by atoms with E-state index in [0.29, 0.717) is 0 Å². The monoisotopic (exact) mass is 287 g/mol. The summed E-state index contributed by atoms with van der Waals surface area (Å²) in [4.78, 5) is 2.82. The van der Waals surface area contributed by atoms with Crippen LogP contribution < -0.4 is 5.32 Å². The summed E-state index contributed by atoms with van der Waals surface area (Å²) in [5.41, 5.74) is 0. The van der Waals surface area contributed by atoms with Crippen LogP contribution in [0.25, 0.3) is 0 Å². The van der Waals surface area contributed by atoms with E-state index < -0.39 is 0 Å². The highest BCUT2D eigenvalue weighted by Gasteiger charge is 2.19. The largest absolute Gasteiger partial charge is 0.312 e. The van der Waals surface area contributed by atoms with Crippen LogP contribution in [0.5, 0.6) is 0 Å². The molecule has 0 amide bonds. The zero-order valence-electron chi connectivity index (χ0n) is 9.18. The second kappa shape index (κ2) is 5.46. The van der Waals surface area contributed by atoms with E-state index in [0.717, 1.165) is 12.5 Å². The van der Waals surface area contributed by atoms with Crippen molar-refractivity contribution in [2.24, 2.45) is 5.92 Å². The minimum absolute atomic E-state index is 1.03. The number of rotatable bonds is 6. The zero-order chi connectivity index (χ0) is 10.7. The first kappa shape index (κ1) is 11.6. The molecule has 3 heteroatoms. The molecular formula is C12H18BrNS. The summed E-state index contributed by atoms with van der Waals surface area (Å²) in [6.45, 7) is 4.36. The lowest BCUT2D eigenvalue weighted by molar-refractivity contribution is 0.596. The van der Waals surface area contributed by atoms with E-state index >= 15 is 0 Å². The predicted octanol–water partition coefficient (Wildman–Crippen LogP) is 4.10. The highest BCUT2D eigenvalue weighted by molar-refractivity contribution is 9.10. The standard InChI is InChI=1S/C12H18BrNS/c1-9-12(13)7-11(15-9)8-14-6-2-3-10-4-5-10/h7,10,14H,2-6,8H2,1H3. The van der Waals surface area contributed by atoms with Gasteiger partial charge < -0.3 is 5.32 Å². The molecule has 1 N–H and O–H groups in total. The lowest BCUT2D eigenvalue weighted by Crippen LogP contribution is -2.13. The summed E-state index contributed by atoms with van der Waals surface area (Å²) in [5, 5.41) is 3.51. The molecule has 1 aliphatic rings. The van der Waals surface area contributed by atoms with Gasteiger partial charge in [-0.1, -0.05) is 12.8 Å². The molecule has 0 unspecified atom stereocenters. The summed E-state index contributed by atoms with van der Waals surface area (Å²) >= 11 is 5.43. The SMILES string of the molecule is Cc1sc(CNCCCC2CC2)cc1Br. The first-order valence-corrected chi connectivity index (χ1v) is 7.32. The van der Waals surface area contributed by atoms with Crippen LogP contribution in [0, 0.1) is 12.8 Å². The maximum atomic E-state index is 3.55. The number of hydrogen-bond donors (Lipinski definition) is 1. The molecular weight excluding hydrogens is 270 g/mol. The van der Waals surface area contributed by atoms with Gasteiger partial charge in [0.1, 0.15) is 0 Å². The number of nitrogens with one attached hydrogen (secondary N) is 1. The highest BCUT2D eigenvalue weighted by Crippen LogP contribution is 2.33. The lowest BCUT2D eigenvalue weighted by Gasteiger charge is -2.01. The van der Waals surface area contributed by atoms with Crippen molar-refractivity contribution in [2.45, 2.75) is 39.2 Å². The Labute approximate surface area is 104 Å². The maximum Gasteiger partial charge on any atom is 0.0314 e. The maximum absolute atomic E-state index is 3.55. The normalized spacial score (nSPS) is 15.9. The van der Waals surface area contributed by atoms with E-state index in [-0.39, 0.29) is 0 Å². The number of hydrogen-bond acceptors (Lipinski definition) is 2. The Hall–Kier alpha value is 0.140. The molecule has 0 aromatic carbocycles. The molecule has 1 heterocycles. The third-order valence-corrected chi connectivity index (χ3v) is 5.01. The van der Waals surface area contributed by atoms with Crippen molar-refractivity contribution < 1.29 is 0 Å². The van der Waals surface area contributed by atoms with E-state index in [1.807, 2.05) is 11.3 Å². The van der Waals surface area contributed by atoms with E-state index in [4.69, 9.17) is 0 Å².